The van der Waals surface area contributed by atoms with Crippen molar-refractivity contribution in [2.24, 2.45) is 0 Å². The summed E-state index contributed by atoms with van der Waals surface area (Å²) in [5.41, 5.74) is 2.34. The third kappa shape index (κ3) is 1.14. The molecule has 68 valence electrons. The summed E-state index contributed by atoms with van der Waals surface area (Å²) in [7, 11) is 0. The van der Waals surface area contributed by atoms with E-state index in [2.05, 4.69) is 45.9 Å². The maximum Gasteiger partial charge on any atom is 0.0656 e. The first-order valence-corrected chi connectivity index (χ1v) is 5.28. The zero-order chi connectivity index (χ0) is 9.38. The van der Waals surface area contributed by atoms with E-state index < -0.39 is 0 Å². The van der Waals surface area contributed by atoms with Gasteiger partial charge in [-0.3, -0.25) is 5.10 Å². The van der Waals surface area contributed by atoms with Crippen molar-refractivity contribution in [3.05, 3.63) is 41.9 Å². The van der Waals surface area contributed by atoms with E-state index in [1.807, 2.05) is 6.20 Å². The van der Waals surface area contributed by atoms with Crippen molar-refractivity contribution in [1.82, 2.24) is 10.2 Å². The molecule has 0 saturated heterocycles. The Labute approximate surface area is 85.2 Å². The van der Waals surface area contributed by atoms with E-state index >= 15 is 0 Å². The highest BCUT2D eigenvalue weighted by Gasteiger charge is 2.00. The third-order valence-electron chi connectivity index (χ3n) is 2.25. The first-order chi connectivity index (χ1) is 6.93. The van der Waals surface area contributed by atoms with Crippen LogP contribution in [0.5, 0.6) is 0 Å². The van der Waals surface area contributed by atoms with Crippen molar-refractivity contribution >= 4 is 22.2 Å². The van der Waals surface area contributed by atoms with E-state index in [1.165, 1.54) is 10.4 Å². The molecule has 3 rings (SSSR count). The minimum atomic E-state index is 1.09. The van der Waals surface area contributed by atoms with E-state index in [9.17, 15) is 0 Å². The summed E-state index contributed by atoms with van der Waals surface area (Å²) in [6.07, 6.45) is 1.84. The topological polar surface area (TPSA) is 28.7 Å². The highest BCUT2D eigenvalue weighted by atomic mass is 32.1. The third-order valence-corrected chi connectivity index (χ3v) is 3.17. The molecule has 0 spiro atoms. The second-order valence-corrected chi connectivity index (χ2v) is 4.10. The molecule has 0 amide bonds. The Bertz CT molecular complexity index is 551. The minimum absolute atomic E-state index is 1.09. The fourth-order valence-electron chi connectivity index (χ4n) is 1.53. The summed E-state index contributed by atoms with van der Waals surface area (Å²) in [6.45, 7) is 0. The van der Waals surface area contributed by atoms with Crippen molar-refractivity contribution in [2.45, 2.75) is 0 Å². The van der Waals surface area contributed by atoms with Gasteiger partial charge in [-0.25, -0.2) is 0 Å². The number of aromatic amines is 1. The molecule has 0 aliphatic carbocycles. The molecule has 0 radical (unpaired) electrons. The maximum absolute atomic E-state index is 4.00. The largest absolute Gasteiger partial charge is 0.278 e. The lowest BCUT2D eigenvalue weighted by Gasteiger charge is -1.96. The van der Waals surface area contributed by atoms with Crippen LogP contribution in [-0.2, 0) is 0 Å². The number of nitrogens with zero attached hydrogens (tertiary/aromatic N) is 1. The van der Waals surface area contributed by atoms with Crippen LogP contribution in [0, 0.1) is 0 Å². The van der Waals surface area contributed by atoms with Crippen molar-refractivity contribution in [3.63, 3.8) is 0 Å². The summed E-state index contributed by atoms with van der Waals surface area (Å²) >= 11 is 1.75. The molecule has 1 N–H and O–H groups in total. The molecule has 0 bridgehead atoms. The average molecular weight is 200 g/mol. The Hall–Kier alpha value is -1.61. The van der Waals surface area contributed by atoms with Crippen molar-refractivity contribution in [3.8, 4) is 10.4 Å². The van der Waals surface area contributed by atoms with Crippen LogP contribution >= 0.6 is 11.3 Å². The van der Waals surface area contributed by atoms with E-state index in [1.54, 1.807) is 11.3 Å². The van der Waals surface area contributed by atoms with Crippen molar-refractivity contribution in [1.29, 1.82) is 0 Å². The summed E-state index contributed by atoms with van der Waals surface area (Å²) in [4.78, 5) is 1.29. The van der Waals surface area contributed by atoms with Gasteiger partial charge in [-0.15, -0.1) is 11.3 Å². The van der Waals surface area contributed by atoms with Crippen molar-refractivity contribution < 1.29 is 0 Å². The maximum atomic E-state index is 4.00. The number of hydrogen-bond donors (Lipinski definition) is 1. The Morgan fingerprint density at radius 3 is 3.07 bits per heavy atom. The van der Waals surface area contributed by atoms with Gasteiger partial charge in [0.25, 0.3) is 0 Å². The number of benzene rings is 1. The molecule has 0 atom stereocenters. The molecule has 0 saturated carbocycles. The molecular formula is C11H8N2S. The van der Waals surface area contributed by atoms with Gasteiger partial charge >= 0.3 is 0 Å². The molecule has 2 heterocycles. The Morgan fingerprint density at radius 1 is 1.21 bits per heavy atom. The van der Waals surface area contributed by atoms with E-state index in [-0.39, 0.29) is 0 Å². The molecule has 0 aliphatic rings. The Morgan fingerprint density at radius 2 is 2.21 bits per heavy atom. The normalized spacial score (nSPS) is 10.9. The lowest BCUT2D eigenvalue weighted by molar-refractivity contribution is 1.12. The molecule has 0 aliphatic heterocycles. The molecule has 3 aromatic rings. The van der Waals surface area contributed by atoms with Gasteiger partial charge in [-0.2, -0.15) is 5.10 Å². The summed E-state index contributed by atoms with van der Waals surface area (Å²) in [5.74, 6) is 0. The Kier molecular flexibility index (Phi) is 1.64. The van der Waals surface area contributed by atoms with Gasteiger partial charge < -0.3 is 0 Å². The highest BCUT2D eigenvalue weighted by Crippen LogP contribution is 2.26. The van der Waals surface area contributed by atoms with Gasteiger partial charge in [-0.05, 0) is 23.1 Å². The van der Waals surface area contributed by atoms with E-state index in [0.717, 1.165) is 10.9 Å². The fourth-order valence-corrected chi connectivity index (χ4v) is 2.26. The highest BCUT2D eigenvalue weighted by molar-refractivity contribution is 7.13. The number of fused-ring (bicyclic) bond motifs is 1. The van der Waals surface area contributed by atoms with Gasteiger partial charge in [0.15, 0.2) is 0 Å². The number of H-pyrrole nitrogens is 1. The standard InChI is InChI=1S/C11H8N2S/c1-2-11(14-5-1)8-3-4-9-7-12-13-10(9)6-8/h1-7H,(H,12,13). The predicted octanol–water partition coefficient (Wildman–Crippen LogP) is 3.29. The minimum Gasteiger partial charge on any atom is -0.278 e. The molecule has 3 heteroatoms. The van der Waals surface area contributed by atoms with Crippen LogP contribution in [0.4, 0.5) is 0 Å². The summed E-state index contributed by atoms with van der Waals surface area (Å²) in [6, 6.07) is 10.5. The monoisotopic (exact) mass is 200 g/mol. The van der Waals surface area contributed by atoms with Gasteiger partial charge in [0.1, 0.15) is 0 Å². The Balaban J connectivity index is 2.23. The summed E-state index contributed by atoms with van der Waals surface area (Å²) < 4.78 is 0. The van der Waals surface area contributed by atoms with Crippen LogP contribution < -0.4 is 0 Å². The smallest absolute Gasteiger partial charge is 0.0656 e. The lowest BCUT2D eigenvalue weighted by atomic mass is 10.1. The zero-order valence-electron chi connectivity index (χ0n) is 7.40. The van der Waals surface area contributed by atoms with E-state index in [4.69, 9.17) is 0 Å². The molecule has 1 aromatic carbocycles. The number of nitrogens with one attached hydrogen (secondary N) is 1. The van der Waals surface area contributed by atoms with Crippen LogP contribution in [0.2, 0.25) is 0 Å². The molecule has 2 aromatic heterocycles. The van der Waals surface area contributed by atoms with Gasteiger partial charge in [0.2, 0.25) is 0 Å². The fraction of sp³-hybridized carbons (Fsp3) is 0. The molecule has 14 heavy (non-hydrogen) atoms. The second-order valence-electron chi connectivity index (χ2n) is 3.15. The SMILES string of the molecule is c1csc(-c2ccc3cn[nH]c3c2)c1. The summed E-state index contributed by atoms with van der Waals surface area (Å²) in [5, 5.41) is 10.2. The van der Waals surface area contributed by atoms with Crippen LogP contribution in [0.25, 0.3) is 21.3 Å². The van der Waals surface area contributed by atoms with Gasteiger partial charge in [0, 0.05) is 10.3 Å². The van der Waals surface area contributed by atoms with E-state index in [0.29, 0.717) is 0 Å². The number of rotatable bonds is 1. The zero-order valence-corrected chi connectivity index (χ0v) is 8.21. The lowest BCUT2D eigenvalue weighted by Crippen LogP contribution is -1.72. The number of thiophene rings is 1. The van der Waals surface area contributed by atoms with Crippen LogP contribution in [0.3, 0.4) is 0 Å². The quantitative estimate of drug-likeness (QED) is 0.641. The first kappa shape index (κ1) is 7.76. The number of hydrogen-bond acceptors (Lipinski definition) is 2. The molecule has 0 fully saturated rings. The van der Waals surface area contributed by atoms with Crippen LogP contribution in [0.15, 0.2) is 41.9 Å². The second kappa shape index (κ2) is 2.96. The first-order valence-electron chi connectivity index (χ1n) is 4.40. The van der Waals surface area contributed by atoms with Gasteiger partial charge in [-0.1, -0.05) is 18.2 Å². The van der Waals surface area contributed by atoms with Gasteiger partial charge in [0.05, 0.1) is 11.7 Å². The predicted molar refractivity (Wildman–Crippen MR) is 59.4 cm³/mol. The number of aromatic nitrogens is 2. The average Bonchev–Trinajstić information content (AvgIpc) is 2.88. The molecule has 0 unspecified atom stereocenters. The van der Waals surface area contributed by atoms with Crippen molar-refractivity contribution in [2.75, 3.05) is 0 Å². The molecular weight excluding hydrogens is 192 g/mol. The van der Waals surface area contributed by atoms with Crippen LogP contribution in [0.1, 0.15) is 0 Å². The molecule has 2 nitrogen and oxygen atoms in total. The van der Waals surface area contributed by atoms with Crippen LogP contribution in [-0.4, -0.2) is 10.2 Å².